The lowest BCUT2D eigenvalue weighted by Gasteiger charge is -2.23. The van der Waals surface area contributed by atoms with Crippen LogP contribution in [0.4, 0.5) is 0 Å². The summed E-state index contributed by atoms with van der Waals surface area (Å²) in [5.41, 5.74) is 1.26. The van der Waals surface area contributed by atoms with Crippen LogP contribution < -0.4 is 0 Å². The number of rotatable bonds is 5. The summed E-state index contributed by atoms with van der Waals surface area (Å²) < 4.78 is 5.86. The SMILES string of the molecule is CCc1ccc([C@H]2CCCN2C(=O)CCc2ccsc2)o1. The maximum absolute atomic E-state index is 12.5. The second-order valence-corrected chi connectivity index (χ2v) is 6.31. The predicted molar refractivity (Wildman–Crippen MR) is 84.4 cm³/mol. The quantitative estimate of drug-likeness (QED) is 0.829. The van der Waals surface area contributed by atoms with Crippen molar-refractivity contribution in [2.75, 3.05) is 6.54 Å². The van der Waals surface area contributed by atoms with Crippen molar-refractivity contribution in [3.63, 3.8) is 0 Å². The second kappa shape index (κ2) is 6.48. The molecular formula is C17H21NO2S. The summed E-state index contributed by atoms with van der Waals surface area (Å²) in [7, 11) is 0. The number of aryl methyl sites for hydroxylation is 2. The van der Waals surface area contributed by atoms with Gasteiger partial charge in [0.2, 0.25) is 5.91 Å². The minimum Gasteiger partial charge on any atom is -0.464 e. The molecule has 1 amide bonds. The summed E-state index contributed by atoms with van der Waals surface area (Å²) >= 11 is 1.69. The van der Waals surface area contributed by atoms with Crippen molar-refractivity contribution in [2.24, 2.45) is 0 Å². The van der Waals surface area contributed by atoms with E-state index < -0.39 is 0 Å². The molecular weight excluding hydrogens is 282 g/mol. The number of likely N-dealkylation sites (tertiary alicyclic amines) is 1. The molecule has 0 aliphatic carbocycles. The van der Waals surface area contributed by atoms with Crippen LogP contribution in [0.3, 0.4) is 0 Å². The molecule has 112 valence electrons. The molecule has 0 unspecified atom stereocenters. The van der Waals surface area contributed by atoms with Crippen molar-refractivity contribution in [2.45, 2.75) is 45.1 Å². The lowest BCUT2D eigenvalue weighted by atomic mass is 10.1. The highest BCUT2D eigenvalue weighted by Crippen LogP contribution is 2.33. The molecule has 3 heterocycles. The molecule has 0 N–H and O–H groups in total. The number of thiophene rings is 1. The Bertz CT molecular complexity index is 588. The molecule has 3 nitrogen and oxygen atoms in total. The molecule has 0 saturated carbocycles. The van der Waals surface area contributed by atoms with Crippen molar-refractivity contribution < 1.29 is 9.21 Å². The smallest absolute Gasteiger partial charge is 0.223 e. The van der Waals surface area contributed by atoms with Crippen molar-refractivity contribution in [1.29, 1.82) is 0 Å². The van der Waals surface area contributed by atoms with Crippen molar-refractivity contribution in [3.05, 3.63) is 46.0 Å². The molecule has 4 heteroatoms. The van der Waals surface area contributed by atoms with Gasteiger partial charge in [0.15, 0.2) is 0 Å². The Morgan fingerprint density at radius 3 is 3.05 bits per heavy atom. The van der Waals surface area contributed by atoms with Crippen molar-refractivity contribution in [3.8, 4) is 0 Å². The van der Waals surface area contributed by atoms with E-state index in [1.165, 1.54) is 5.56 Å². The molecule has 1 saturated heterocycles. The number of nitrogens with zero attached hydrogens (tertiary/aromatic N) is 1. The third-order valence-corrected chi connectivity index (χ3v) is 4.87. The third-order valence-electron chi connectivity index (χ3n) is 4.14. The van der Waals surface area contributed by atoms with Gasteiger partial charge < -0.3 is 9.32 Å². The fourth-order valence-electron chi connectivity index (χ4n) is 2.95. The molecule has 1 aliphatic rings. The van der Waals surface area contributed by atoms with E-state index in [0.717, 1.165) is 43.7 Å². The number of hydrogen-bond donors (Lipinski definition) is 0. The van der Waals surface area contributed by atoms with Gasteiger partial charge in [-0.3, -0.25) is 4.79 Å². The van der Waals surface area contributed by atoms with Gasteiger partial charge in [-0.25, -0.2) is 0 Å². The molecule has 2 aromatic rings. The van der Waals surface area contributed by atoms with Crippen LogP contribution in [0.1, 0.15) is 49.3 Å². The van der Waals surface area contributed by atoms with Crippen molar-refractivity contribution >= 4 is 17.2 Å². The molecule has 0 radical (unpaired) electrons. The van der Waals surface area contributed by atoms with Gasteiger partial charge in [-0.05, 0) is 53.8 Å². The van der Waals surface area contributed by atoms with E-state index in [-0.39, 0.29) is 11.9 Å². The first kappa shape index (κ1) is 14.4. The van der Waals surface area contributed by atoms with Gasteiger partial charge in [-0.1, -0.05) is 6.92 Å². The topological polar surface area (TPSA) is 33.5 Å². The van der Waals surface area contributed by atoms with Gasteiger partial charge >= 0.3 is 0 Å². The van der Waals surface area contributed by atoms with E-state index in [1.807, 2.05) is 17.0 Å². The van der Waals surface area contributed by atoms with E-state index in [9.17, 15) is 4.79 Å². The van der Waals surface area contributed by atoms with E-state index in [2.05, 4.69) is 23.8 Å². The second-order valence-electron chi connectivity index (χ2n) is 5.53. The zero-order chi connectivity index (χ0) is 14.7. The average Bonchev–Trinajstić information content (AvgIpc) is 3.23. The van der Waals surface area contributed by atoms with Crippen LogP contribution >= 0.6 is 11.3 Å². The fraction of sp³-hybridized carbons (Fsp3) is 0.471. The van der Waals surface area contributed by atoms with Crippen molar-refractivity contribution in [1.82, 2.24) is 4.90 Å². The monoisotopic (exact) mass is 303 g/mol. The molecule has 1 aliphatic heterocycles. The predicted octanol–water partition coefficient (Wildman–Crippen LogP) is 4.20. The molecule has 1 fully saturated rings. The Kier molecular flexibility index (Phi) is 4.44. The standard InChI is InChI=1S/C17H21NO2S/c1-2-14-6-7-16(20-14)15-4-3-10-18(15)17(19)8-5-13-9-11-21-12-13/h6-7,9,11-12,15H,2-5,8,10H2,1H3/t15-/m1/s1. The Morgan fingerprint density at radius 2 is 2.33 bits per heavy atom. The summed E-state index contributed by atoms with van der Waals surface area (Å²) in [6, 6.07) is 6.30. The highest BCUT2D eigenvalue weighted by molar-refractivity contribution is 7.07. The zero-order valence-corrected chi connectivity index (χ0v) is 13.2. The summed E-state index contributed by atoms with van der Waals surface area (Å²) in [5, 5.41) is 4.18. The van der Waals surface area contributed by atoms with Crippen LogP contribution in [0.2, 0.25) is 0 Å². The summed E-state index contributed by atoms with van der Waals surface area (Å²) in [6.07, 6.45) is 4.41. The van der Waals surface area contributed by atoms with Gasteiger partial charge in [0.1, 0.15) is 11.5 Å². The van der Waals surface area contributed by atoms with Crippen LogP contribution in [0.15, 0.2) is 33.4 Å². The Hall–Kier alpha value is -1.55. The Labute approximate surface area is 129 Å². The zero-order valence-electron chi connectivity index (χ0n) is 12.4. The fourth-order valence-corrected chi connectivity index (χ4v) is 3.66. The summed E-state index contributed by atoms with van der Waals surface area (Å²) in [4.78, 5) is 14.5. The average molecular weight is 303 g/mol. The van der Waals surface area contributed by atoms with Crippen LogP contribution in [-0.2, 0) is 17.6 Å². The Morgan fingerprint density at radius 1 is 1.43 bits per heavy atom. The normalized spacial score (nSPS) is 18.3. The molecule has 21 heavy (non-hydrogen) atoms. The highest BCUT2D eigenvalue weighted by Gasteiger charge is 2.31. The molecule has 0 bridgehead atoms. The molecule has 0 spiro atoms. The lowest BCUT2D eigenvalue weighted by Crippen LogP contribution is -2.30. The van der Waals surface area contributed by atoms with E-state index in [0.29, 0.717) is 6.42 Å². The van der Waals surface area contributed by atoms with Gasteiger partial charge in [0.25, 0.3) is 0 Å². The minimum absolute atomic E-state index is 0.139. The van der Waals surface area contributed by atoms with E-state index >= 15 is 0 Å². The van der Waals surface area contributed by atoms with Crippen LogP contribution in [0, 0.1) is 0 Å². The number of hydrogen-bond acceptors (Lipinski definition) is 3. The van der Waals surface area contributed by atoms with Gasteiger partial charge in [-0.2, -0.15) is 11.3 Å². The van der Waals surface area contributed by atoms with E-state index in [1.54, 1.807) is 11.3 Å². The molecule has 3 rings (SSSR count). The maximum atomic E-state index is 12.5. The summed E-state index contributed by atoms with van der Waals surface area (Å²) in [5.74, 6) is 2.20. The van der Waals surface area contributed by atoms with Gasteiger partial charge in [-0.15, -0.1) is 0 Å². The largest absolute Gasteiger partial charge is 0.464 e. The molecule has 2 aromatic heterocycles. The van der Waals surface area contributed by atoms with Crippen LogP contribution in [0.5, 0.6) is 0 Å². The third kappa shape index (κ3) is 3.21. The number of carbonyl (C=O) groups excluding carboxylic acids is 1. The first-order valence-electron chi connectivity index (χ1n) is 7.67. The Balaban J connectivity index is 1.64. The highest BCUT2D eigenvalue weighted by atomic mass is 32.1. The molecule has 1 atom stereocenters. The number of carbonyl (C=O) groups is 1. The van der Waals surface area contributed by atoms with Crippen LogP contribution in [0.25, 0.3) is 0 Å². The first-order valence-corrected chi connectivity index (χ1v) is 8.61. The molecule has 0 aromatic carbocycles. The maximum Gasteiger partial charge on any atom is 0.223 e. The first-order chi connectivity index (χ1) is 10.3. The summed E-state index contributed by atoms with van der Waals surface area (Å²) in [6.45, 7) is 2.94. The lowest BCUT2D eigenvalue weighted by molar-refractivity contribution is -0.132. The minimum atomic E-state index is 0.139. The van der Waals surface area contributed by atoms with Gasteiger partial charge in [0, 0.05) is 19.4 Å². The van der Waals surface area contributed by atoms with E-state index in [4.69, 9.17) is 4.42 Å². The van der Waals surface area contributed by atoms with Crippen LogP contribution in [-0.4, -0.2) is 17.4 Å². The van der Waals surface area contributed by atoms with Gasteiger partial charge in [0.05, 0.1) is 6.04 Å². The number of amides is 1. The number of furan rings is 1.